The molecule has 0 aliphatic carbocycles. The third-order valence-electron chi connectivity index (χ3n) is 5.92. The van der Waals surface area contributed by atoms with Gasteiger partial charge in [-0.3, -0.25) is 14.5 Å². The van der Waals surface area contributed by atoms with E-state index in [1.165, 1.54) is 27.6 Å². The molecule has 33 heavy (non-hydrogen) atoms. The van der Waals surface area contributed by atoms with Crippen LogP contribution < -0.4 is 9.80 Å². The second kappa shape index (κ2) is 7.66. The van der Waals surface area contributed by atoms with Crippen molar-refractivity contribution in [3.63, 3.8) is 0 Å². The molecule has 8 heteroatoms. The molecule has 168 valence electrons. The number of fused-ring (bicyclic) bond motifs is 2. The monoisotopic (exact) mass is 468 g/mol. The van der Waals surface area contributed by atoms with E-state index in [2.05, 4.69) is 0 Å². The van der Waals surface area contributed by atoms with Gasteiger partial charge in [0.05, 0.1) is 23.5 Å². The van der Waals surface area contributed by atoms with Crippen LogP contribution in [0.4, 0.5) is 24.5 Å². The fraction of sp³-hybridized carbons (Fsp3) is 0.200. The van der Waals surface area contributed by atoms with Crippen LogP contribution in [-0.4, -0.2) is 17.6 Å². The van der Waals surface area contributed by atoms with Crippen molar-refractivity contribution in [3.8, 4) is 0 Å². The van der Waals surface area contributed by atoms with Crippen molar-refractivity contribution in [1.82, 2.24) is 0 Å². The lowest BCUT2D eigenvalue weighted by Gasteiger charge is -2.33. The number of benzene rings is 3. The Labute approximate surface area is 193 Å². The fourth-order valence-corrected chi connectivity index (χ4v) is 5.87. The molecule has 2 aliphatic rings. The first kappa shape index (κ1) is 21.6. The van der Waals surface area contributed by atoms with E-state index in [1.54, 1.807) is 30.3 Å². The number of rotatable bonds is 3. The maximum absolute atomic E-state index is 14.0. The molecule has 1 atom stereocenters. The van der Waals surface area contributed by atoms with Crippen molar-refractivity contribution in [3.05, 3.63) is 95.1 Å². The number of carbonyl (C=O) groups is 2. The van der Waals surface area contributed by atoms with Gasteiger partial charge in [-0.1, -0.05) is 42.5 Å². The molecule has 4 nitrogen and oxygen atoms in total. The fourth-order valence-electron chi connectivity index (χ4n) is 4.51. The molecule has 0 aromatic heterocycles. The van der Waals surface area contributed by atoms with Gasteiger partial charge in [0.15, 0.2) is 0 Å². The Hall–Kier alpha value is -3.26. The average molecular weight is 469 g/mol. The third kappa shape index (κ3) is 3.40. The van der Waals surface area contributed by atoms with Crippen LogP contribution in [0.2, 0.25) is 0 Å². The Balaban J connectivity index is 1.61. The maximum atomic E-state index is 14.0. The van der Waals surface area contributed by atoms with Gasteiger partial charge in [0, 0.05) is 11.3 Å². The molecule has 2 amide bonds. The standard InChI is InChI=1S/C25H19F3N2O2S/c1-16-6-4-9-19(12-16)30-22(31)15-33-24(30)20-10-2-3-11-21(20)29(23(24)32)14-17-7-5-8-18(13-17)25(26,27)28/h2-13H,14-15H2,1H3/t24-/m1/s1. The predicted molar refractivity (Wildman–Crippen MR) is 122 cm³/mol. The van der Waals surface area contributed by atoms with Crippen LogP contribution in [-0.2, 0) is 27.2 Å². The zero-order chi connectivity index (χ0) is 23.4. The van der Waals surface area contributed by atoms with Crippen molar-refractivity contribution in [1.29, 1.82) is 0 Å². The number of amides is 2. The molecule has 0 unspecified atom stereocenters. The van der Waals surface area contributed by atoms with Crippen LogP contribution in [0, 0.1) is 6.92 Å². The zero-order valence-corrected chi connectivity index (χ0v) is 18.4. The summed E-state index contributed by atoms with van der Waals surface area (Å²) in [5.74, 6) is -0.390. The van der Waals surface area contributed by atoms with Gasteiger partial charge in [-0.25, -0.2) is 0 Å². The Morgan fingerprint density at radius 3 is 2.48 bits per heavy atom. The highest BCUT2D eigenvalue weighted by Gasteiger charge is 2.60. The van der Waals surface area contributed by atoms with Crippen LogP contribution in [0.5, 0.6) is 0 Å². The van der Waals surface area contributed by atoms with E-state index < -0.39 is 16.6 Å². The van der Waals surface area contributed by atoms with Crippen LogP contribution in [0.15, 0.2) is 72.8 Å². The van der Waals surface area contributed by atoms with Crippen LogP contribution in [0.25, 0.3) is 0 Å². The van der Waals surface area contributed by atoms with Gasteiger partial charge in [0.2, 0.25) is 10.8 Å². The molecule has 0 bridgehead atoms. The van der Waals surface area contributed by atoms with Gasteiger partial charge in [-0.05, 0) is 48.4 Å². The molecule has 0 saturated carbocycles. The summed E-state index contributed by atoms with van der Waals surface area (Å²) in [6, 6.07) is 19.6. The number of alkyl halides is 3. The average Bonchev–Trinajstić information content (AvgIpc) is 3.24. The number of halogens is 3. The number of aryl methyl sites for hydroxylation is 1. The SMILES string of the molecule is Cc1cccc(N2C(=O)CS[C@]23C(=O)N(Cc2cccc(C(F)(F)F)c2)c2ccccc23)c1. The number of para-hydroxylation sites is 1. The van der Waals surface area contributed by atoms with E-state index in [9.17, 15) is 22.8 Å². The van der Waals surface area contributed by atoms with E-state index in [1.807, 2.05) is 31.2 Å². The molecule has 2 heterocycles. The predicted octanol–water partition coefficient (Wildman–Crippen LogP) is 5.49. The highest BCUT2D eigenvalue weighted by Crippen LogP contribution is 2.56. The smallest absolute Gasteiger partial charge is 0.304 e. The summed E-state index contributed by atoms with van der Waals surface area (Å²) >= 11 is 1.25. The number of hydrogen-bond donors (Lipinski definition) is 0. The highest BCUT2D eigenvalue weighted by molar-refractivity contribution is 8.02. The van der Waals surface area contributed by atoms with Crippen LogP contribution in [0.1, 0.15) is 22.3 Å². The second-order valence-electron chi connectivity index (χ2n) is 8.11. The third-order valence-corrected chi connectivity index (χ3v) is 7.30. The quantitative estimate of drug-likeness (QED) is 0.510. The maximum Gasteiger partial charge on any atom is 0.416 e. The van der Waals surface area contributed by atoms with Crippen molar-refractivity contribution in [2.45, 2.75) is 24.5 Å². The minimum atomic E-state index is -4.47. The normalized spacial score (nSPS) is 20.1. The lowest BCUT2D eigenvalue weighted by atomic mass is 10.0. The minimum absolute atomic E-state index is 0.0298. The Morgan fingerprint density at radius 1 is 0.970 bits per heavy atom. The largest absolute Gasteiger partial charge is 0.416 e. The van der Waals surface area contributed by atoms with E-state index in [-0.39, 0.29) is 24.1 Å². The zero-order valence-electron chi connectivity index (χ0n) is 17.6. The molecular weight excluding hydrogens is 449 g/mol. The molecule has 0 N–H and O–H groups in total. The van der Waals surface area contributed by atoms with Gasteiger partial charge in [-0.2, -0.15) is 13.2 Å². The molecule has 2 aliphatic heterocycles. The summed E-state index contributed by atoms with van der Waals surface area (Å²) < 4.78 is 39.7. The summed E-state index contributed by atoms with van der Waals surface area (Å²) in [6.45, 7) is 1.88. The van der Waals surface area contributed by atoms with Gasteiger partial charge < -0.3 is 4.90 Å². The number of thioether (sulfide) groups is 1. The van der Waals surface area contributed by atoms with Crippen LogP contribution in [0.3, 0.4) is 0 Å². The van der Waals surface area contributed by atoms with E-state index in [4.69, 9.17) is 0 Å². The number of hydrogen-bond acceptors (Lipinski definition) is 3. The van der Waals surface area contributed by atoms with Gasteiger partial charge >= 0.3 is 6.18 Å². The summed E-state index contributed by atoms with van der Waals surface area (Å²) in [6.07, 6.45) is -4.47. The first-order chi connectivity index (χ1) is 15.7. The Kier molecular flexibility index (Phi) is 5.01. The van der Waals surface area contributed by atoms with Gasteiger partial charge in [-0.15, -0.1) is 11.8 Å². The van der Waals surface area contributed by atoms with Crippen molar-refractivity contribution >= 4 is 35.0 Å². The molecule has 1 spiro atoms. The van der Waals surface area contributed by atoms with Crippen LogP contribution >= 0.6 is 11.8 Å². The lowest BCUT2D eigenvalue weighted by Crippen LogP contribution is -2.49. The van der Waals surface area contributed by atoms with E-state index in [0.717, 1.165) is 17.7 Å². The molecule has 5 rings (SSSR count). The number of carbonyl (C=O) groups excluding carboxylic acids is 2. The highest BCUT2D eigenvalue weighted by atomic mass is 32.2. The first-order valence-electron chi connectivity index (χ1n) is 10.3. The minimum Gasteiger partial charge on any atom is -0.304 e. The summed E-state index contributed by atoms with van der Waals surface area (Å²) in [5.41, 5.74) is 2.43. The van der Waals surface area contributed by atoms with E-state index in [0.29, 0.717) is 22.5 Å². The van der Waals surface area contributed by atoms with Crippen molar-refractivity contribution < 1.29 is 22.8 Å². The van der Waals surface area contributed by atoms with E-state index >= 15 is 0 Å². The topological polar surface area (TPSA) is 40.6 Å². The molecule has 1 saturated heterocycles. The lowest BCUT2D eigenvalue weighted by molar-refractivity contribution is -0.137. The Bertz CT molecular complexity index is 1280. The van der Waals surface area contributed by atoms with Crippen molar-refractivity contribution in [2.75, 3.05) is 15.6 Å². The van der Waals surface area contributed by atoms with Crippen molar-refractivity contribution in [2.24, 2.45) is 0 Å². The summed E-state index contributed by atoms with van der Waals surface area (Å²) in [5, 5.41) is 0. The molecule has 1 fully saturated rings. The van der Waals surface area contributed by atoms with Gasteiger partial charge in [0.1, 0.15) is 0 Å². The van der Waals surface area contributed by atoms with Gasteiger partial charge in [0.25, 0.3) is 5.91 Å². The summed E-state index contributed by atoms with van der Waals surface area (Å²) in [4.78, 5) is 28.7. The summed E-state index contributed by atoms with van der Waals surface area (Å²) in [7, 11) is 0. The molecular formula is C25H19F3N2O2S. The molecule has 3 aromatic rings. The number of nitrogens with zero attached hydrogens (tertiary/aromatic N) is 2. The molecule has 3 aromatic carbocycles. The first-order valence-corrected chi connectivity index (χ1v) is 11.3. The number of anilines is 2. The molecule has 0 radical (unpaired) electrons. The Morgan fingerprint density at radius 2 is 1.73 bits per heavy atom. The second-order valence-corrected chi connectivity index (χ2v) is 9.28.